The zero-order valence-electron chi connectivity index (χ0n) is 9.01. The Bertz CT molecular complexity index is 562. The Hall–Kier alpha value is -2.50. The SMILES string of the molecule is COc1ccc(Oc2cc[nH]c(=O)c2O)cn1. The minimum absolute atomic E-state index is 0.0701. The van der Waals surface area contributed by atoms with Crippen LogP contribution in [0.15, 0.2) is 35.4 Å². The molecular formula is C11H10N2O4. The highest BCUT2D eigenvalue weighted by Gasteiger charge is 2.07. The third kappa shape index (κ3) is 2.36. The predicted molar refractivity (Wildman–Crippen MR) is 59.6 cm³/mol. The maximum atomic E-state index is 11.1. The molecule has 0 spiro atoms. The van der Waals surface area contributed by atoms with Gasteiger partial charge in [0.25, 0.3) is 5.56 Å². The van der Waals surface area contributed by atoms with Gasteiger partial charge in [0.1, 0.15) is 5.75 Å². The van der Waals surface area contributed by atoms with E-state index in [2.05, 4.69) is 9.97 Å². The van der Waals surface area contributed by atoms with E-state index in [9.17, 15) is 9.90 Å². The number of ether oxygens (including phenoxy) is 2. The lowest BCUT2D eigenvalue weighted by molar-refractivity contribution is 0.389. The van der Waals surface area contributed by atoms with Crippen molar-refractivity contribution in [1.82, 2.24) is 9.97 Å². The van der Waals surface area contributed by atoms with E-state index in [0.29, 0.717) is 11.6 Å². The molecule has 17 heavy (non-hydrogen) atoms. The molecule has 0 saturated carbocycles. The third-order valence-corrected chi connectivity index (χ3v) is 2.04. The van der Waals surface area contributed by atoms with Crippen LogP contribution < -0.4 is 15.0 Å². The summed E-state index contributed by atoms with van der Waals surface area (Å²) in [5.41, 5.74) is -0.607. The molecule has 0 fully saturated rings. The molecule has 2 aromatic rings. The first kappa shape index (κ1) is 11.0. The van der Waals surface area contributed by atoms with Crippen LogP contribution in [-0.4, -0.2) is 22.2 Å². The molecule has 0 aromatic carbocycles. The fourth-order valence-electron chi connectivity index (χ4n) is 1.21. The van der Waals surface area contributed by atoms with Crippen molar-refractivity contribution in [3.8, 4) is 23.1 Å². The van der Waals surface area contributed by atoms with Crippen molar-refractivity contribution in [3.63, 3.8) is 0 Å². The molecule has 0 aliphatic rings. The Balaban J connectivity index is 2.25. The summed E-state index contributed by atoms with van der Waals surface area (Å²) in [6.07, 6.45) is 2.81. The smallest absolute Gasteiger partial charge is 0.294 e. The zero-order valence-corrected chi connectivity index (χ0v) is 9.01. The van der Waals surface area contributed by atoms with E-state index in [1.54, 1.807) is 12.1 Å². The molecule has 0 amide bonds. The topological polar surface area (TPSA) is 84.4 Å². The summed E-state index contributed by atoms with van der Waals surface area (Å²) in [7, 11) is 1.51. The van der Waals surface area contributed by atoms with Gasteiger partial charge in [0, 0.05) is 18.3 Å². The van der Waals surface area contributed by atoms with E-state index < -0.39 is 11.3 Å². The number of aromatic amines is 1. The van der Waals surface area contributed by atoms with Crippen LogP contribution in [0.4, 0.5) is 0 Å². The van der Waals surface area contributed by atoms with Gasteiger partial charge < -0.3 is 19.6 Å². The first-order chi connectivity index (χ1) is 8.20. The lowest BCUT2D eigenvalue weighted by Gasteiger charge is -2.06. The second-order valence-corrected chi connectivity index (χ2v) is 3.16. The molecule has 0 aliphatic carbocycles. The molecule has 0 bridgehead atoms. The minimum Gasteiger partial charge on any atom is -0.500 e. The molecule has 0 unspecified atom stereocenters. The average molecular weight is 234 g/mol. The number of H-pyrrole nitrogens is 1. The summed E-state index contributed by atoms with van der Waals surface area (Å²) in [6.45, 7) is 0. The van der Waals surface area contributed by atoms with Gasteiger partial charge in [-0.1, -0.05) is 0 Å². The Morgan fingerprint density at radius 3 is 2.82 bits per heavy atom. The molecule has 0 radical (unpaired) electrons. The number of aromatic nitrogens is 2. The lowest BCUT2D eigenvalue weighted by Crippen LogP contribution is -2.04. The van der Waals surface area contributed by atoms with Crippen LogP contribution in [0.5, 0.6) is 23.1 Å². The van der Waals surface area contributed by atoms with Gasteiger partial charge in [0.2, 0.25) is 11.6 Å². The number of pyridine rings is 2. The van der Waals surface area contributed by atoms with Crippen molar-refractivity contribution in [3.05, 3.63) is 40.9 Å². The summed E-state index contributed by atoms with van der Waals surface area (Å²) in [5.74, 6) is 0.447. The van der Waals surface area contributed by atoms with Gasteiger partial charge in [-0.2, -0.15) is 0 Å². The second kappa shape index (κ2) is 4.56. The Labute approximate surface area is 96.5 Å². The molecule has 88 valence electrons. The summed E-state index contributed by atoms with van der Waals surface area (Å²) in [6, 6.07) is 4.67. The number of aromatic hydroxyl groups is 1. The van der Waals surface area contributed by atoms with E-state index >= 15 is 0 Å². The molecule has 6 heteroatoms. The van der Waals surface area contributed by atoms with Crippen LogP contribution in [0.25, 0.3) is 0 Å². The van der Waals surface area contributed by atoms with Crippen LogP contribution in [0.2, 0.25) is 0 Å². The summed E-state index contributed by atoms with van der Waals surface area (Å²) < 4.78 is 10.2. The average Bonchev–Trinajstić information content (AvgIpc) is 2.36. The van der Waals surface area contributed by atoms with E-state index in [4.69, 9.17) is 9.47 Å². The van der Waals surface area contributed by atoms with Gasteiger partial charge in [-0.15, -0.1) is 0 Å². The number of rotatable bonds is 3. The van der Waals surface area contributed by atoms with E-state index in [-0.39, 0.29) is 5.75 Å². The van der Waals surface area contributed by atoms with Crippen LogP contribution in [-0.2, 0) is 0 Å². The van der Waals surface area contributed by atoms with Crippen molar-refractivity contribution in [1.29, 1.82) is 0 Å². The van der Waals surface area contributed by atoms with Crippen molar-refractivity contribution in [2.24, 2.45) is 0 Å². The van der Waals surface area contributed by atoms with Crippen molar-refractivity contribution < 1.29 is 14.6 Å². The van der Waals surface area contributed by atoms with Gasteiger partial charge in [-0.25, -0.2) is 4.98 Å². The largest absolute Gasteiger partial charge is 0.500 e. The number of methoxy groups -OCH3 is 1. The fraction of sp³-hybridized carbons (Fsp3) is 0.0909. The highest BCUT2D eigenvalue weighted by atomic mass is 16.5. The fourth-order valence-corrected chi connectivity index (χ4v) is 1.21. The molecule has 0 aliphatic heterocycles. The number of hydrogen-bond acceptors (Lipinski definition) is 5. The third-order valence-electron chi connectivity index (χ3n) is 2.04. The molecule has 2 N–H and O–H groups in total. The molecule has 2 aromatic heterocycles. The van der Waals surface area contributed by atoms with E-state index in [1.165, 1.54) is 25.6 Å². The molecule has 0 saturated heterocycles. The number of nitrogens with zero attached hydrogens (tertiary/aromatic N) is 1. The van der Waals surface area contributed by atoms with Crippen LogP contribution in [0.1, 0.15) is 0 Å². The summed E-state index contributed by atoms with van der Waals surface area (Å²) >= 11 is 0. The van der Waals surface area contributed by atoms with Crippen molar-refractivity contribution >= 4 is 0 Å². The van der Waals surface area contributed by atoms with Crippen LogP contribution in [0, 0.1) is 0 Å². The van der Waals surface area contributed by atoms with Gasteiger partial charge in [0.15, 0.2) is 5.75 Å². The van der Waals surface area contributed by atoms with E-state index in [0.717, 1.165) is 0 Å². The zero-order chi connectivity index (χ0) is 12.3. The second-order valence-electron chi connectivity index (χ2n) is 3.16. The maximum Gasteiger partial charge on any atom is 0.294 e. The first-order valence-corrected chi connectivity index (χ1v) is 4.79. The van der Waals surface area contributed by atoms with Crippen molar-refractivity contribution in [2.75, 3.05) is 7.11 Å². The summed E-state index contributed by atoms with van der Waals surface area (Å²) in [4.78, 5) is 17.4. The standard InChI is InChI=1S/C11H10N2O4/c1-16-9-3-2-7(6-13-9)17-8-4-5-12-11(15)10(8)14/h2-6,14H,1H3,(H,12,15). The maximum absolute atomic E-state index is 11.1. The van der Waals surface area contributed by atoms with Gasteiger partial charge >= 0.3 is 0 Å². The highest BCUT2D eigenvalue weighted by molar-refractivity contribution is 5.39. The van der Waals surface area contributed by atoms with E-state index in [1.807, 2.05) is 0 Å². The van der Waals surface area contributed by atoms with Crippen LogP contribution in [0.3, 0.4) is 0 Å². The van der Waals surface area contributed by atoms with Gasteiger partial charge in [0.05, 0.1) is 13.3 Å². The predicted octanol–water partition coefficient (Wildman–Crippen LogP) is 1.28. The quantitative estimate of drug-likeness (QED) is 0.835. The molecule has 6 nitrogen and oxygen atoms in total. The Kier molecular flexibility index (Phi) is 2.95. The van der Waals surface area contributed by atoms with Gasteiger partial charge in [-0.05, 0) is 6.07 Å². The molecule has 2 heterocycles. The highest BCUT2D eigenvalue weighted by Crippen LogP contribution is 2.26. The van der Waals surface area contributed by atoms with Crippen LogP contribution >= 0.6 is 0 Å². The monoisotopic (exact) mass is 234 g/mol. The normalized spacial score (nSPS) is 9.94. The number of hydrogen-bond donors (Lipinski definition) is 2. The molecule has 2 rings (SSSR count). The lowest BCUT2D eigenvalue weighted by atomic mass is 10.4. The first-order valence-electron chi connectivity index (χ1n) is 4.79. The number of nitrogens with one attached hydrogen (secondary N) is 1. The van der Waals surface area contributed by atoms with Gasteiger partial charge in [-0.3, -0.25) is 4.79 Å². The molecular weight excluding hydrogens is 224 g/mol. The minimum atomic E-state index is -0.607. The molecule has 0 atom stereocenters. The Morgan fingerprint density at radius 1 is 1.35 bits per heavy atom. The Morgan fingerprint density at radius 2 is 2.18 bits per heavy atom. The van der Waals surface area contributed by atoms with Crippen molar-refractivity contribution in [2.45, 2.75) is 0 Å². The summed E-state index contributed by atoms with van der Waals surface area (Å²) in [5, 5.41) is 9.45.